The van der Waals surface area contributed by atoms with E-state index in [1.165, 1.54) is 5.56 Å². The van der Waals surface area contributed by atoms with E-state index in [4.69, 9.17) is 10.7 Å². The number of hydrogen-bond acceptors (Lipinski definition) is 6. The van der Waals surface area contributed by atoms with Crippen molar-refractivity contribution in [2.24, 2.45) is 0 Å². The fourth-order valence-corrected chi connectivity index (χ4v) is 4.85. The van der Waals surface area contributed by atoms with Crippen LogP contribution in [0.5, 0.6) is 0 Å². The lowest BCUT2D eigenvalue weighted by Crippen LogP contribution is -2.14. The summed E-state index contributed by atoms with van der Waals surface area (Å²) in [5.41, 5.74) is 9.88. The topological polar surface area (TPSA) is 92.9 Å². The van der Waals surface area contributed by atoms with Gasteiger partial charge < -0.3 is 16.4 Å². The number of aromatic nitrogens is 2. The molecule has 0 unspecified atom stereocenters. The van der Waals surface area contributed by atoms with Crippen molar-refractivity contribution in [1.82, 2.24) is 9.97 Å². The molecule has 1 aliphatic rings. The first kappa shape index (κ1) is 20.2. The highest BCUT2D eigenvalue weighted by molar-refractivity contribution is 7.09. The van der Waals surface area contributed by atoms with Gasteiger partial charge in [-0.15, -0.1) is 11.3 Å². The number of nitrogens with two attached hydrogens (primary N) is 1. The Labute approximate surface area is 190 Å². The minimum Gasteiger partial charge on any atom is -0.397 e. The van der Waals surface area contributed by atoms with Gasteiger partial charge in [0.15, 0.2) is 0 Å². The SMILES string of the molecule is Nc1ccccc1NC(=O)c1ccc(C2(c3nc(CNc4ccccn4)cs3)CC2)cc1. The first-order valence-electron chi connectivity index (χ1n) is 10.5. The molecule has 0 spiro atoms. The number of carbonyl (C=O) groups is 1. The second-order valence-electron chi connectivity index (χ2n) is 7.91. The minimum atomic E-state index is -0.170. The number of benzene rings is 2. The highest BCUT2D eigenvalue weighted by Gasteiger charge is 2.48. The Balaban J connectivity index is 1.27. The van der Waals surface area contributed by atoms with E-state index in [-0.39, 0.29) is 11.3 Å². The second kappa shape index (κ2) is 8.43. The summed E-state index contributed by atoms with van der Waals surface area (Å²) in [6.07, 6.45) is 3.91. The van der Waals surface area contributed by atoms with Crippen LogP contribution in [0, 0.1) is 0 Å². The van der Waals surface area contributed by atoms with Gasteiger partial charge in [-0.3, -0.25) is 4.79 Å². The molecular weight excluding hydrogens is 418 g/mol. The summed E-state index contributed by atoms with van der Waals surface area (Å²) >= 11 is 1.70. The summed E-state index contributed by atoms with van der Waals surface area (Å²) in [6, 6.07) is 20.9. The summed E-state index contributed by atoms with van der Waals surface area (Å²) in [6.45, 7) is 0.644. The molecule has 0 radical (unpaired) electrons. The van der Waals surface area contributed by atoms with E-state index < -0.39 is 0 Å². The van der Waals surface area contributed by atoms with Gasteiger partial charge in [-0.2, -0.15) is 0 Å². The zero-order chi connectivity index (χ0) is 22.0. The van der Waals surface area contributed by atoms with Crippen LogP contribution in [0.2, 0.25) is 0 Å². The molecule has 32 heavy (non-hydrogen) atoms. The van der Waals surface area contributed by atoms with E-state index in [0.717, 1.165) is 29.4 Å². The van der Waals surface area contributed by atoms with E-state index in [1.54, 1.807) is 29.7 Å². The van der Waals surface area contributed by atoms with Gasteiger partial charge in [0.2, 0.25) is 0 Å². The predicted octanol–water partition coefficient (Wildman–Crippen LogP) is 5.06. The third-order valence-corrected chi connectivity index (χ3v) is 6.83. The number of nitrogens with zero attached hydrogens (tertiary/aromatic N) is 2. The lowest BCUT2D eigenvalue weighted by molar-refractivity contribution is 0.102. The van der Waals surface area contributed by atoms with Gasteiger partial charge in [0.25, 0.3) is 5.91 Å². The molecule has 4 N–H and O–H groups in total. The Morgan fingerprint density at radius 1 is 1.03 bits per heavy atom. The Kier molecular flexibility index (Phi) is 5.33. The summed E-state index contributed by atoms with van der Waals surface area (Å²) in [5, 5.41) is 9.42. The zero-order valence-electron chi connectivity index (χ0n) is 17.4. The molecule has 6 nitrogen and oxygen atoms in total. The van der Waals surface area contributed by atoms with Crippen molar-refractivity contribution in [1.29, 1.82) is 0 Å². The van der Waals surface area contributed by atoms with Crippen molar-refractivity contribution in [2.45, 2.75) is 24.8 Å². The number of pyridine rings is 1. The first-order chi connectivity index (χ1) is 15.6. The number of para-hydroxylation sites is 2. The molecule has 5 rings (SSSR count). The Bertz CT molecular complexity index is 1230. The summed E-state index contributed by atoms with van der Waals surface area (Å²) in [4.78, 5) is 21.8. The standard InChI is InChI=1S/C25H23N5OS/c26-20-5-1-2-6-21(20)30-23(31)17-8-10-18(11-9-17)25(12-13-25)24-29-19(16-32-24)15-28-22-7-3-4-14-27-22/h1-11,14,16H,12-13,15,26H2,(H,27,28)(H,30,31). The van der Waals surface area contributed by atoms with Gasteiger partial charge in [-0.25, -0.2) is 9.97 Å². The molecule has 7 heteroatoms. The fraction of sp³-hybridized carbons (Fsp3) is 0.160. The van der Waals surface area contributed by atoms with Gasteiger partial charge >= 0.3 is 0 Å². The number of nitrogen functional groups attached to an aromatic ring is 1. The molecule has 160 valence electrons. The number of thiazole rings is 1. The molecule has 1 amide bonds. The highest BCUT2D eigenvalue weighted by atomic mass is 32.1. The van der Waals surface area contributed by atoms with Crippen molar-refractivity contribution >= 4 is 34.4 Å². The largest absolute Gasteiger partial charge is 0.397 e. The Morgan fingerprint density at radius 2 is 1.81 bits per heavy atom. The second-order valence-corrected chi connectivity index (χ2v) is 8.77. The molecule has 2 aromatic heterocycles. The van der Waals surface area contributed by atoms with Crippen molar-refractivity contribution in [3.8, 4) is 0 Å². The number of carbonyl (C=O) groups excluding carboxylic acids is 1. The maximum absolute atomic E-state index is 12.6. The molecule has 1 saturated carbocycles. The van der Waals surface area contributed by atoms with E-state index in [9.17, 15) is 4.79 Å². The number of nitrogens with one attached hydrogen (secondary N) is 2. The lowest BCUT2D eigenvalue weighted by Gasteiger charge is -2.14. The average molecular weight is 442 g/mol. The minimum absolute atomic E-state index is 0.0349. The zero-order valence-corrected chi connectivity index (χ0v) is 18.2. The normalized spacial score (nSPS) is 14.0. The van der Waals surface area contributed by atoms with Crippen LogP contribution in [0.1, 0.15) is 39.5 Å². The van der Waals surface area contributed by atoms with Crippen LogP contribution in [-0.2, 0) is 12.0 Å². The van der Waals surface area contributed by atoms with Crippen LogP contribution in [0.4, 0.5) is 17.2 Å². The summed E-state index contributed by atoms with van der Waals surface area (Å²) in [5.74, 6) is 0.672. The molecule has 2 heterocycles. The van der Waals surface area contributed by atoms with E-state index in [1.807, 2.05) is 54.6 Å². The summed E-state index contributed by atoms with van der Waals surface area (Å²) < 4.78 is 0. The van der Waals surface area contributed by atoms with Crippen LogP contribution in [0.3, 0.4) is 0 Å². The molecule has 0 saturated heterocycles. The molecule has 2 aromatic carbocycles. The van der Waals surface area contributed by atoms with E-state index in [2.05, 4.69) is 21.0 Å². The maximum atomic E-state index is 12.6. The van der Waals surface area contributed by atoms with Gasteiger partial charge in [0, 0.05) is 22.6 Å². The molecule has 1 fully saturated rings. The van der Waals surface area contributed by atoms with Crippen molar-refractivity contribution in [2.75, 3.05) is 16.4 Å². The van der Waals surface area contributed by atoms with Crippen LogP contribution in [0.25, 0.3) is 0 Å². The van der Waals surface area contributed by atoms with Crippen LogP contribution >= 0.6 is 11.3 Å². The van der Waals surface area contributed by atoms with Gasteiger partial charge in [0.05, 0.1) is 23.6 Å². The molecular formula is C25H23N5OS. The monoisotopic (exact) mass is 441 g/mol. The van der Waals surface area contributed by atoms with Gasteiger partial charge in [0.1, 0.15) is 10.8 Å². The van der Waals surface area contributed by atoms with Crippen LogP contribution in [0.15, 0.2) is 78.3 Å². The van der Waals surface area contributed by atoms with Crippen molar-refractivity contribution in [3.05, 3.63) is 100 Å². The first-order valence-corrected chi connectivity index (χ1v) is 11.4. The number of hydrogen-bond donors (Lipinski definition) is 3. The Morgan fingerprint density at radius 3 is 2.53 bits per heavy atom. The predicted molar refractivity (Wildman–Crippen MR) is 129 cm³/mol. The lowest BCUT2D eigenvalue weighted by atomic mass is 9.95. The number of amides is 1. The van der Waals surface area contributed by atoms with E-state index >= 15 is 0 Å². The molecule has 0 atom stereocenters. The van der Waals surface area contributed by atoms with Crippen molar-refractivity contribution < 1.29 is 4.79 Å². The number of rotatable bonds is 7. The fourth-order valence-electron chi connectivity index (χ4n) is 3.75. The molecule has 0 aliphatic heterocycles. The summed E-state index contributed by atoms with van der Waals surface area (Å²) in [7, 11) is 0. The average Bonchev–Trinajstić information content (AvgIpc) is 3.50. The van der Waals surface area contributed by atoms with Gasteiger partial charge in [-0.1, -0.05) is 30.3 Å². The third kappa shape index (κ3) is 4.07. The highest BCUT2D eigenvalue weighted by Crippen LogP contribution is 2.54. The molecule has 0 bridgehead atoms. The van der Waals surface area contributed by atoms with Crippen LogP contribution < -0.4 is 16.4 Å². The van der Waals surface area contributed by atoms with Crippen molar-refractivity contribution in [3.63, 3.8) is 0 Å². The smallest absolute Gasteiger partial charge is 0.255 e. The van der Waals surface area contributed by atoms with Gasteiger partial charge in [-0.05, 0) is 54.8 Å². The molecule has 1 aliphatic carbocycles. The third-order valence-electron chi connectivity index (χ3n) is 5.74. The molecule has 4 aromatic rings. The number of anilines is 3. The Hall–Kier alpha value is -3.71. The van der Waals surface area contributed by atoms with E-state index in [0.29, 0.717) is 23.5 Å². The maximum Gasteiger partial charge on any atom is 0.255 e. The van der Waals surface area contributed by atoms with Crippen LogP contribution in [-0.4, -0.2) is 15.9 Å². The quantitative estimate of drug-likeness (QED) is 0.348.